The molecule has 0 aromatic heterocycles. The van der Waals surface area contributed by atoms with Gasteiger partial charge < -0.3 is 5.11 Å². The van der Waals surface area contributed by atoms with Crippen molar-refractivity contribution in [2.24, 2.45) is 35.0 Å². The summed E-state index contributed by atoms with van der Waals surface area (Å²) in [5, 5.41) is 10.4. The standard InChI is InChI=1S/C21H32O/c1-3-5-15-12-18-14(13-20(15)22)7-8-17-16(18)9-11-21(2)10-4-6-19(17)21/h3,14,16-19,22H,1,4-13H2,2H3/t14?,16?,17?,18?,19?,21-/m0/s1. The van der Waals surface area contributed by atoms with E-state index in [0.717, 1.165) is 48.9 Å². The highest BCUT2D eigenvalue weighted by Gasteiger charge is 2.53. The van der Waals surface area contributed by atoms with E-state index < -0.39 is 0 Å². The van der Waals surface area contributed by atoms with Gasteiger partial charge in [0.25, 0.3) is 0 Å². The molecule has 1 nitrogen and oxygen atoms in total. The lowest BCUT2D eigenvalue weighted by Gasteiger charge is -2.54. The minimum absolute atomic E-state index is 0.671. The van der Waals surface area contributed by atoms with E-state index in [1.54, 1.807) is 0 Å². The molecule has 1 N–H and O–H groups in total. The lowest BCUT2D eigenvalue weighted by molar-refractivity contribution is -0.0423. The van der Waals surface area contributed by atoms with Crippen molar-refractivity contribution in [3.05, 3.63) is 24.0 Å². The first-order valence-corrected chi connectivity index (χ1v) is 9.63. The molecule has 22 heavy (non-hydrogen) atoms. The van der Waals surface area contributed by atoms with Crippen LogP contribution in [-0.4, -0.2) is 5.11 Å². The van der Waals surface area contributed by atoms with Gasteiger partial charge in [-0.05, 0) is 91.9 Å². The molecule has 0 bridgehead atoms. The minimum atomic E-state index is 0.671. The second-order valence-electron chi connectivity index (χ2n) is 8.97. The van der Waals surface area contributed by atoms with Crippen molar-refractivity contribution < 1.29 is 5.11 Å². The quantitative estimate of drug-likeness (QED) is 0.617. The Kier molecular flexibility index (Phi) is 3.66. The van der Waals surface area contributed by atoms with Gasteiger partial charge in [0.15, 0.2) is 0 Å². The van der Waals surface area contributed by atoms with Gasteiger partial charge in [-0.2, -0.15) is 0 Å². The molecule has 0 aliphatic heterocycles. The van der Waals surface area contributed by atoms with Crippen LogP contribution in [-0.2, 0) is 0 Å². The molecule has 4 aliphatic carbocycles. The normalized spacial score (nSPS) is 47.6. The Morgan fingerprint density at radius 3 is 2.77 bits per heavy atom. The van der Waals surface area contributed by atoms with Crippen molar-refractivity contribution in [2.45, 2.75) is 71.1 Å². The molecule has 0 aromatic rings. The van der Waals surface area contributed by atoms with Gasteiger partial charge in [0.05, 0.1) is 5.76 Å². The smallest absolute Gasteiger partial charge is 0.0920 e. The van der Waals surface area contributed by atoms with Crippen molar-refractivity contribution in [1.82, 2.24) is 0 Å². The van der Waals surface area contributed by atoms with Crippen LogP contribution in [0.4, 0.5) is 0 Å². The molecular formula is C21H32O. The predicted molar refractivity (Wildman–Crippen MR) is 91.6 cm³/mol. The average Bonchev–Trinajstić information content (AvgIpc) is 2.90. The summed E-state index contributed by atoms with van der Waals surface area (Å²) in [7, 11) is 0. The molecule has 0 radical (unpaired) electrons. The summed E-state index contributed by atoms with van der Waals surface area (Å²) >= 11 is 0. The lowest BCUT2D eigenvalue weighted by atomic mass is 9.51. The molecule has 4 rings (SSSR count). The first kappa shape index (κ1) is 14.8. The van der Waals surface area contributed by atoms with Crippen molar-refractivity contribution in [1.29, 1.82) is 0 Å². The van der Waals surface area contributed by atoms with E-state index in [1.165, 1.54) is 50.5 Å². The maximum Gasteiger partial charge on any atom is 0.0920 e. The first-order chi connectivity index (χ1) is 10.6. The average molecular weight is 300 g/mol. The number of hydrogen-bond acceptors (Lipinski definition) is 1. The van der Waals surface area contributed by atoms with Crippen molar-refractivity contribution in [2.75, 3.05) is 0 Å². The highest BCUT2D eigenvalue weighted by Crippen LogP contribution is 2.62. The molecule has 0 aromatic carbocycles. The van der Waals surface area contributed by atoms with E-state index in [9.17, 15) is 5.11 Å². The summed E-state index contributed by atoms with van der Waals surface area (Å²) in [6.45, 7) is 6.47. The Balaban J connectivity index is 1.58. The van der Waals surface area contributed by atoms with E-state index in [-0.39, 0.29) is 0 Å². The van der Waals surface area contributed by atoms with Gasteiger partial charge in [-0.3, -0.25) is 0 Å². The molecule has 3 saturated carbocycles. The zero-order valence-corrected chi connectivity index (χ0v) is 14.2. The maximum absolute atomic E-state index is 10.4. The van der Waals surface area contributed by atoms with Crippen LogP contribution in [0, 0.1) is 35.0 Å². The zero-order valence-electron chi connectivity index (χ0n) is 14.2. The third kappa shape index (κ3) is 2.19. The molecule has 0 amide bonds. The third-order valence-corrected chi connectivity index (χ3v) is 8.04. The largest absolute Gasteiger partial charge is 0.512 e. The molecule has 122 valence electrons. The molecule has 4 aliphatic rings. The van der Waals surface area contributed by atoms with E-state index in [1.807, 2.05) is 6.08 Å². The van der Waals surface area contributed by atoms with Crippen LogP contribution in [0.3, 0.4) is 0 Å². The summed E-state index contributed by atoms with van der Waals surface area (Å²) in [6.07, 6.45) is 15.2. The molecule has 3 fully saturated rings. The molecule has 0 heterocycles. The summed E-state index contributed by atoms with van der Waals surface area (Å²) in [5.41, 5.74) is 1.97. The number of aliphatic hydroxyl groups excluding tert-OH is 1. The number of allylic oxidation sites excluding steroid dienone is 3. The number of hydrogen-bond donors (Lipinski definition) is 1. The van der Waals surface area contributed by atoms with Gasteiger partial charge in [-0.1, -0.05) is 19.4 Å². The zero-order chi connectivity index (χ0) is 15.3. The Morgan fingerprint density at radius 2 is 1.95 bits per heavy atom. The Labute approximate surface area is 135 Å². The van der Waals surface area contributed by atoms with Gasteiger partial charge in [0.1, 0.15) is 0 Å². The van der Waals surface area contributed by atoms with Crippen LogP contribution in [0.1, 0.15) is 71.1 Å². The van der Waals surface area contributed by atoms with E-state index in [2.05, 4.69) is 13.5 Å². The van der Waals surface area contributed by atoms with Crippen molar-refractivity contribution in [3.63, 3.8) is 0 Å². The highest BCUT2D eigenvalue weighted by molar-refractivity contribution is 5.18. The lowest BCUT2D eigenvalue weighted by Crippen LogP contribution is -2.46. The van der Waals surface area contributed by atoms with Crippen molar-refractivity contribution in [3.8, 4) is 0 Å². The van der Waals surface area contributed by atoms with Crippen LogP contribution < -0.4 is 0 Å². The summed E-state index contributed by atoms with van der Waals surface area (Å²) in [5.74, 6) is 5.28. The van der Waals surface area contributed by atoms with Crippen LogP contribution in [0.15, 0.2) is 24.0 Å². The molecule has 6 atom stereocenters. The fourth-order valence-electron chi connectivity index (χ4n) is 6.97. The highest BCUT2D eigenvalue weighted by atomic mass is 16.3. The Morgan fingerprint density at radius 1 is 1.09 bits per heavy atom. The summed E-state index contributed by atoms with van der Waals surface area (Å²) in [6, 6.07) is 0. The van der Waals surface area contributed by atoms with Gasteiger partial charge in [-0.15, -0.1) is 6.58 Å². The van der Waals surface area contributed by atoms with Crippen LogP contribution >= 0.6 is 0 Å². The number of fused-ring (bicyclic) bond motifs is 5. The molecule has 5 unspecified atom stereocenters. The maximum atomic E-state index is 10.4. The monoisotopic (exact) mass is 300 g/mol. The van der Waals surface area contributed by atoms with Crippen LogP contribution in [0.25, 0.3) is 0 Å². The SMILES string of the molecule is C=CCC1=C(O)CC2CCC3C(CC[C@]4(C)CCCC34)C2C1. The van der Waals surface area contributed by atoms with Gasteiger partial charge in [0.2, 0.25) is 0 Å². The topological polar surface area (TPSA) is 20.2 Å². The van der Waals surface area contributed by atoms with Gasteiger partial charge >= 0.3 is 0 Å². The summed E-state index contributed by atoms with van der Waals surface area (Å²) < 4.78 is 0. The van der Waals surface area contributed by atoms with Gasteiger partial charge in [0, 0.05) is 6.42 Å². The predicted octanol–water partition coefficient (Wildman–Crippen LogP) is 6.03. The second-order valence-corrected chi connectivity index (χ2v) is 8.97. The minimum Gasteiger partial charge on any atom is -0.512 e. The third-order valence-electron chi connectivity index (χ3n) is 8.04. The van der Waals surface area contributed by atoms with Crippen molar-refractivity contribution >= 4 is 0 Å². The second kappa shape index (κ2) is 5.42. The fraction of sp³-hybridized carbons (Fsp3) is 0.810. The van der Waals surface area contributed by atoms with Crippen LogP contribution in [0.5, 0.6) is 0 Å². The van der Waals surface area contributed by atoms with Gasteiger partial charge in [-0.25, -0.2) is 0 Å². The number of aliphatic hydroxyl groups is 1. The molecule has 1 heteroatoms. The fourth-order valence-corrected chi connectivity index (χ4v) is 6.97. The summed E-state index contributed by atoms with van der Waals surface area (Å²) in [4.78, 5) is 0. The number of rotatable bonds is 2. The molecule has 0 saturated heterocycles. The molecule has 0 spiro atoms. The first-order valence-electron chi connectivity index (χ1n) is 9.63. The van der Waals surface area contributed by atoms with Crippen LogP contribution in [0.2, 0.25) is 0 Å². The van der Waals surface area contributed by atoms with E-state index in [0.29, 0.717) is 11.2 Å². The van der Waals surface area contributed by atoms with E-state index >= 15 is 0 Å². The Hall–Kier alpha value is -0.720. The van der Waals surface area contributed by atoms with E-state index in [4.69, 9.17) is 0 Å². The molecular weight excluding hydrogens is 268 g/mol. The Bertz CT molecular complexity index is 490.